The summed E-state index contributed by atoms with van der Waals surface area (Å²) in [5, 5.41) is 10.5. The molecule has 0 radical (unpaired) electrons. The fraction of sp³-hybridized carbons (Fsp3) is 0.438. The Kier molecular flexibility index (Phi) is 8.53. The van der Waals surface area contributed by atoms with Gasteiger partial charge in [-0.3, -0.25) is 9.69 Å². The third-order valence-electron chi connectivity index (χ3n) is 8.39. The molecule has 0 amide bonds. The number of hydrogen-bond acceptors (Lipinski definition) is 5. The second kappa shape index (κ2) is 12.0. The van der Waals surface area contributed by atoms with Crippen molar-refractivity contribution in [2.45, 2.75) is 89.8 Å². The maximum atomic E-state index is 14.1. The Hall–Kier alpha value is -2.65. The number of hydrogen-bond donors (Lipinski definition) is 1. The molecule has 6 heteroatoms. The molecule has 2 aliphatic rings. The van der Waals surface area contributed by atoms with E-state index in [2.05, 4.69) is 11.0 Å². The third-order valence-corrected chi connectivity index (χ3v) is 9.92. The van der Waals surface area contributed by atoms with Crippen LogP contribution < -0.4 is 5.73 Å². The largest absolute Gasteiger partial charge is 0.390 e. The third kappa shape index (κ3) is 5.69. The molecule has 0 bridgehead atoms. The highest BCUT2D eigenvalue weighted by Gasteiger charge is 2.33. The van der Waals surface area contributed by atoms with Crippen LogP contribution in [0.1, 0.15) is 96.8 Å². The molecule has 2 N–H and O–H groups in total. The predicted molar refractivity (Wildman–Crippen MR) is 158 cm³/mol. The van der Waals surface area contributed by atoms with E-state index in [1.54, 1.807) is 12.1 Å². The van der Waals surface area contributed by atoms with Crippen molar-refractivity contribution >= 4 is 33.7 Å². The van der Waals surface area contributed by atoms with E-state index in [1.165, 1.54) is 75.5 Å². The van der Waals surface area contributed by atoms with Crippen molar-refractivity contribution in [3.63, 3.8) is 0 Å². The summed E-state index contributed by atoms with van der Waals surface area (Å²) in [7, 11) is 0. The number of nitriles is 1. The van der Waals surface area contributed by atoms with E-state index in [1.807, 2.05) is 37.3 Å². The zero-order chi connectivity index (χ0) is 26.6. The lowest BCUT2D eigenvalue weighted by molar-refractivity contribution is 0.0728. The van der Waals surface area contributed by atoms with Gasteiger partial charge in [-0.05, 0) is 79.6 Å². The topological polar surface area (TPSA) is 70.1 Å². The molecule has 2 fully saturated rings. The zero-order valence-corrected chi connectivity index (χ0v) is 23.7. The molecule has 1 aromatic heterocycles. The van der Waals surface area contributed by atoms with Crippen LogP contribution in [0, 0.1) is 18.3 Å². The van der Waals surface area contributed by atoms with E-state index >= 15 is 0 Å². The quantitative estimate of drug-likeness (QED) is 0.302. The van der Waals surface area contributed by atoms with Gasteiger partial charge in [-0.25, -0.2) is 0 Å². The van der Waals surface area contributed by atoms with Gasteiger partial charge in [-0.1, -0.05) is 62.3 Å². The highest BCUT2D eigenvalue weighted by molar-refractivity contribution is 7.20. The summed E-state index contributed by atoms with van der Waals surface area (Å²) in [6.07, 6.45) is 12.6. The minimum atomic E-state index is -0.0411. The van der Waals surface area contributed by atoms with Gasteiger partial charge in [-0.15, -0.1) is 11.3 Å². The molecule has 4 nitrogen and oxygen atoms in total. The second-order valence-electron chi connectivity index (χ2n) is 10.9. The van der Waals surface area contributed by atoms with E-state index in [4.69, 9.17) is 17.3 Å². The van der Waals surface area contributed by atoms with Gasteiger partial charge in [-0.2, -0.15) is 5.26 Å². The van der Waals surface area contributed by atoms with E-state index in [-0.39, 0.29) is 5.78 Å². The SMILES string of the molecule is Cc1cc(C(=O)c2c(N)sc(-c3ccc(C#N)cc3)c2CN(C2CCCCC2)C2CCCCC2)ccc1Cl. The molecule has 2 aliphatic carbocycles. The molecule has 2 aromatic carbocycles. The number of thiophene rings is 1. The Morgan fingerprint density at radius 2 is 1.61 bits per heavy atom. The Labute approximate surface area is 235 Å². The average molecular weight is 546 g/mol. The summed E-state index contributed by atoms with van der Waals surface area (Å²) in [4.78, 5) is 17.8. The number of rotatable bonds is 7. The van der Waals surface area contributed by atoms with Crippen molar-refractivity contribution < 1.29 is 4.79 Å². The predicted octanol–water partition coefficient (Wildman–Crippen LogP) is 8.53. The first-order chi connectivity index (χ1) is 18.5. The van der Waals surface area contributed by atoms with Crippen LogP contribution in [-0.2, 0) is 6.54 Å². The molecule has 0 unspecified atom stereocenters. The smallest absolute Gasteiger partial charge is 0.196 e. The van der Waals surface area contributed by atoms with Crippen LogP contribution in [0.2, 0.25) is 5.02 Å². The minimum Gasteiger partial charge on any atom is -0.390 e. The number of carbonyl (C=O) groups excluding carboxylic acids is 1. The summed E-state index contributed by atoms with van der Waals surface area (Å²) < 4.78 is 0. The number of halogens is 1. The van der Waals surface area contributed by atoms with E-state index < -0.39 is 0 Å². The molecular formula is C32H36ClN3OS. The van der Waals surface area contributed by atoms with Crippen molar-refractivity contribution in [2.75, 3.05) is 5.73 Å². The van der Waals surface area contributed by atoms with Crippen molar-refractivity contribution in [3.05, 3.63) is 75.3 Å². The van der Waals surface area contributed by atoms with Gasteiger partial charge in [0.05, 0.1) is 22.2 Å². The standard InChI is InChI=1S/C32H36ClN3OS/c1-21-18-24(16-17-28(21)33)30(37)29-27(31(38-32(29)35)23-14-12-22(19-34)13-15-23)20-36(25-8-4-2-5-9-25)26-10-6-3-7-11-26/h12-18,25-26H,2-11,20,35H2,1H3. The van der Waals surface area contributed by atoms with Crippen LogP contribution in [0.4, 0.5) is 5.00 Å². The summed E-state index contributed by atoms with van der Waals surface area (Å²) in [5.74, 6) is -0.0411. The number of carbonyl (C=O) groups is 1. The number of ketones is 1. The average Bonchev–Trinajstić information content (AvgIpc) is 3.29. The van der Waals surface area contributed by atoms with Crippen LogP contribution in [0.25, 0.3) is 10.4 Å². The molecular weight excluding hydrogens is 510 g/mol. The van der Waals surface area contributed by atoms with E-state index in [9.17, 15) is 10.1 Å². The van der Waals surface area contributed by atoms with Gasteiger partial charge in [0.25, 0.3) is 0 Å². The lowest BCUT2D eigenvalue weighted by atomic mass is 9.87. The number of nitrogens with zero attached hydrogens (tertiary/aromatic N) is 2. The van der Waals surface area contributed by atoms with Crippen molar-refractivity contribution in [2.24, 2.45) is 0 Å². The molecule has 0 spiro atoms. The summed E-state index contributed by atoms with van der Waals surface area (Å²) in [6, 6.07) is 16.4. The molecule has 3 aromatic rings. The number of nitrogens with two attached hydrogens (primary N) is 1. The zero-order valence-electron chi connectivity index (χ0n) is 22.1. The van der Waals surface area contributed by atoms with Gasteiger partial charge in [0.15, 0.2) is 5.78 Å². The van der Waals surface area contributed by atoms with Crippen molar-refractivity contribution in [1.82, 2.24) is 4.90 Å². The van der Waals surface area contributed by atoms with Crippen LogP contribution in [0.15, 0.2) is 42.5 Å². The van der Waals surface area contributed by atoms with Gasteiger partial charge < -0.3 is 5.73 Å². The fourth-order valence-corrected chi connectivity index (χ4v) is 7.51. The fourth-order valence-electron chi connectivity index (χ4n) is 6.31. The summed E-state index contributed by atoms with van der Waals surface area (Å²) in [5.41, 5.74) is 11.5. The molecule has 0 aliphatic heterocycles. The maximum Gasteiger partial charge on any atom is 0.196 e. The normalized spacial score (nSPS) is 17.0. The molecule has 0 atom stereocenters. The Balaban J connectivity index is 1.61. The Morgan fingerprint density at radius 1 is 1.00 bits per heavy atom. The monoisotopic (exact) mass is 545 g/mol. The number of anilines is 1. The highest BCUT2D eigenvalue weighted by atomic mass is 35.5. The number of benzene rings is 2. The second-order valence-corrected chi connectivity index (χ2v) is 12.3. The van der Waals surface area contributed by atoms with E-state index in [0.29, 0.717) is 38.8 Å². The van der Waals surface area contributed by atoms with Crippen LogP contribution in [0.5, 0.6) is 0 Å². The van der Waals surface area contributed by atoms with E-state index in [0.717, 1.165) is 28.1 Å². The number of aryl methyl sites for hydroxylation is 1. The van der Waals surface area contributed by atoms with Crippen molar-refractivity contribution in [1.29, 1.82) is 5.26 Å². The molecule has 2 saturated carbocycles. The first-order valence-corrected chi connectivity index (χ1v) is 15.1. The van der Waals surface area contributed by atoms with Crippen LogP contribution in [0.3, 0.4) is 0 Å². The Morgan fingerprint density at radius 3 is 2.16 bits per heavy atom. The maximum absolute atomic E-state index is 14.1. The molecule has 38 heavy (non-hydrogen) atoms. The molecule has 1 heterocycles. The number of nitrogen functional groups attached to an aromatic ring is 1. The van der Waals surface area contributed by atoms with Gasteiger partial charge >= 0.3 is 0 Å². The lowest BCUT2D eigenvalue weighted by Gasteiger charge is -2.42. The van der Waals surface area contributed by atoms with Gasteiger partial charge in [0, 0.05) is 34.1 Å². The summed E-state index contributed by atoms with van der Waals surface area (Å²) >= 11 is 7.77. The van der Waals surface area contributed by atoms with Gasteiger partial charge in [0.2, 0.25) is 0 Å². The highest BCUT2D eigenvalue weighted by Crippen LogP contribution is 2.42. The molecule has 198 valence electrons. The first-order valence-electron chi connectivity index (χ1n) is 13.9. The van der Waals surface area contributed by atoms with Gasteiger partial charge in [0.1, 0.15) is 0 Å². The van der Waals surface area contributed by atoms with Crippen molar-refractivity contribution in [3.8, 4) is 16.5 Å². The first kappa shape index (κ1) is 26.9. The minimum absolute atomic E-state index is 0.0411. The van der Waals surface area contributed by atoms with Crippen LogP contribution >= 0.6 is 22.9 Å². The molecule has 5 rings (SSSR count). The molecule has 0 saturated heterocycles. The lowest BCUT2D eigenvalue weighted by Crippen LogP contribution is -2.44. The Bertz CT molecular complexity index is 1310. The van der Waals surface area contributed by atoms with Crippen LogP contribution in [-0.4, -0.2) is 22.8 Å². The summed E-state index contributed by atoms with van der Waals surface area (Å²) in [6.45, 7) is 2.65.